The molecule has 0 aliphatic carbocycles. The van der Waals surface area contributed by atoms with Gasteiger partial charge in [-0.1, -0.05) is 12.1 Å². The van der Waals surface area contributed by atoms with Gasteiger partial charge in [0.15, 0.2) is 0 Å². The van der Waals surface area contributed by atoms with Gasteiger partial charge in [0.2, 0.25) is 0 Å². The van der Waals surface area contributed by atoms with Crippen LogP contribution in [0.1, 0.15) is 12.0 Å². The van der Waals surface area contributed by atoms with Crippen LogP contribution >= 0.6 is 11.8 Å². The summed E-state index contributed by atoms with van der Waals surface area (Å²) in [6.45, 7) is 1.08. The minimum Gasteiger partial charge on any atom is -0.465 e. The Balaban J connectivity index is 2.06. The zero-order chi connectivity index (χ0) is 10.7. The fraction of sp³-hybridized carbons (Fsp3) is 0.364. The molecule has 1 fully saturated rings. The Hall–Kier alpha value is -1.00. The van der Waals surface area contributed by atoms with Gasteiger partial charge >= 0.3 is 5.97 Å². The van der Waals surface area contributed by atoms with Gasteiger partial charge in [-0.15, -0.1) is 11.8 Å². The van der Waals surface area contributed by atoms with Crippen molar-refractivity contribution in [2.24, 2.45) is 5.73 Å². The summed E-state index contributed by atoms with van der Waals surface area (Å²) in [4.78, 5) is 12.4. The van der Waals surface area contributed by atoms with Crippen LogP contribution in [0.5, 0.6) is 0 Å². The standard InChI is InChI=1S/C11H13NO2S/c12-7-8-2-1-3-9(6-8)15-10-4-5-14-11(10)13/h1-3,6,10H,4-5,7,12H2. The van der Waals surface area contributed by atoms with E-state index < -0.39 is 0 Å². The highest BCUT2D eigenvalue weighted by Gasteiger charge is 2.27. The minimum absolute atomic E-state index is 0.0435. The number of carbonyl (C=O) groups is 1. The summed E-state index contributed by atoms with van der Waals surface area (Å²) >= 11 is 1.56. The Bertz CT molecular complexity index is 367. The van der Waals surface area contributed by atoms with Gasteiger partial charge in [-0.2, -0.15) is 0 Å². The molecule has 2 rings (SSSR count). The Labute approximate surface area is 93.0 Å². The van der Waals surface area contributed by atoms with E-state index in [9.17, 15) is 4.79 Å². The van der Waals surface area contributed by atoms with Gasteiger partial charge < -0.3 is 10.5 Å². The third-order valence-electron chi connectivity index (χ3n) is 2.30. The third kappa shape index (κ3) is 2.52. The fourth-order valence-electron chi connectivity index (χ4n) is 1.49. The molecule has 0 bridgehead atoms. The molecule has 1 aliphatic rings. The largest absolute Gasteiger partial charge is 0.465 e. The Morgan fingerprint density at radius 2 is 2.40 bits per heavy atom. The zero-order valence-electron chi connectivity index (χ0n) is 8.31. The van der Waals surface area contributed by atoms with Crippen LogP contribution < -0.4 is 5.73 Å². The summed E-state index contributed by atoms with van der Waals surface area (Å²) in [7, 11) is 0. The molecule has 4 heteroatoms. The first-order valence-electron chi connectivity index (χ1n) is 4.92. The number of thioether (sulfide) groups is 1. The van der Waals surface area contributed by atoms with Crippen molar-refractivity contribution >= 4 is 17.7 Å². The maximum Gasteiger partial charge on any atom is 0.319 e. The van der Waals surface area contributed by atoms with Crippen molar-refractivity contribution in [1.29, 1.82) is 0 Å². The molecule has 1 aromatic carbocycles. The number of nitrogens with two attached hydrogens (primary N) is 1. The lowest BCUT2D eigenvalue weighted by Crippen LogP contribution is -2.09. The zero-order valence-corrected chi connectivity index (χ0v) is 9.13. The normalized spacial score (nSPS) is 20.3. The second-order valence-corrected chi connectivity index (χ2v) is 4.69. The number of cyclic esters (lactones) is 1. The van der Waals surface area contributed by atoms with E-state index in [4.69, 9.17) is 10.5 Å². The van der Waals surface area contributed by atoms with Crippen molar-refractivity contribution < 1.29 is 9.53 Å². The van der Waals surface area contributed by atoms with E-state index in [1.54, 1.807) is 11.8 Å². The first-order chi connectivity index (χ1) is 7.29. The highest BCUT2D eigenvalue weighted by Crippen LogP contribution is 2.29. The fourth-order valence-corrected chi connectivity index (χ4v) is 2.58. The number of benzene rings is 1. The molecule has 1 atom stereocenters. The number of ether oxygens (including phenoxy) is 1. The van der Waals surface area contributed by atoms with Crippen LogP contribution in [0.2, 0.25) is 0 Å². The molecule has 0 amide bonds. The maximum absolute atomic E-state index is 11.3. The van der Waals surface area contributed by atoms with Crippen LogP contribution in [0.3, 0.4) is 0 Å². The maximum atomic E-state index is 11.3. The predicted octanol–water partition coefficient (Wildman–Crippen LogP) is 1.55. The second kappa shape index (κ2) is 4.68. The summed E-state index contributed by atoms with van der Waals surface area (Å²) in [6.07, 6.45) is 0.802. The van der Waals surface area contributed by atoms with Crippen LogP contribution in [0.15, 0.2) is 29.2 Å². The average molecular weight is 223 g/mol. The summed E-state index contributed by atoms with van der Waals surface area (Å²) in [6, 6.07) is 7.97. The molecular formula is C11H13NO2S. The van der Waals surface area contributed by atoms with Crippen LogP contribution in [-0.4, -0.2) is 17.8 Å². The number of hydrogen-bond acceptors (Lipinski definition) is 4. The molecule has 80 valence electrons. The lowest BCUT2D eigenvalue weighted by Gasteiger charge is -2.06. The first-order valence-corrected chi connectivity index (χ1v) is 5.80. The topological polar surface area (TPSA) is 52.3 Å². The second-order valence-electron chi connectivity index (χ2n) is 3.41. The molecule has 0 radical (unpaired) electrons. The van der Waals surface area contributed by atoms with Gasteiger partial charge in [-0.25, -0.2) is 0 Å². The lowest BCUT2D eigenvalue weighted by atomic mass is 10.2. The molecule has 1 aromatic rings. The van der Waals surface area contributed by atoms with E-state index in [2.05, 4.69) is 0 Å². The molecule has 0 aromatic heterocycles. The molecule has 0 spiro atoms. The molecule has 0 saturated carbocycles. The first kappa shape index (κ1) is 10.5. The lowest BCUT2D eigenvalue weighted by molar-refractivity contribution is -0.137. The summed E-state index contributed by atoms with van der Waals surface area (Å²) in [5, 5.41) is -0.0435. The van der Waals surface area contributed by atoms with E-state index in [0.29, 0.717) is 13.2 Å². The SMILES string of the molecule is NCc1cccc(SC2CCOC2=O)c1. The van der Waals surface area contributed by atoms with E-state index in [1.807, 2.05) is 24.3 Å². The highest BCUT2D eigenvalue weighted by molar-refractivity contribution is 8.00. The van der Waals surface area contributed by atoms with Crippen molar-refractivity contribution in [2.75, 3.05) is 6.61 Å². The van der Waals surface area contributed by atoms with Crippen molar-refractivity contribution in [3.8, 4) is 0 Å². The monoisotopic (exact) mass is 223 g/mol. The summed E-state index contributed by atoms with van der Waals surface area (Å²) in [5.74, 6) is -0.0989. The number of carbonyl (C=O) groups excluding carboxylic acids is 1. The number of hydrogen-bond donors (Lipinski definition) is 1. The molecular weight excluding hydrogens is 210 g/mol. The van der Waals surface area contributed by atoms with Crippen LogP contribution in [-0.2, 0) is 16.1 Å². The van der Waals surface area contributed by atoms with Gasteiger partial charge in [0, 0.05) is 17.9 Å². The minimum atomic E-state index is -0.0989. The predicted molar refractivity (Wildman–Crippen MR) is 59.6 cm³/mol. The summed E-state index contributed by atoms with van der Waals surface area (Å²) < 4.78 is 4.91. The van der Waals surface area contributed by atoms with E-state index in [-0.39, 0.29) is 11.2 Å². The quantitative estimate of drug-likeness (QED) is 0.790. The molecule has 15 heavy (non-hydrogen) atoms. The number of rotatable bonds is 3. The van der Waals surface area contributed by atoms with Gasteiger partial charge in [0.1, 0.15) is 5.25 Å². The van der Waals surface area contributed by atoms with Gasteiger partial charge in [0.05, 0.1) is 6.61 Å². The van der Waals surface area contributed by atoms with Crippen molar-refractivity contribution in [2.45, 2.75) is 23.1 Å². The van der Waals surface area contributed by atoms with Crippen LogP contribution in [0, 0.1) is 0 Å². The van der Waals surface area contributed by atoms with Gasteiger partial charge in [0.25, 0.3) is 0 Å². The Morgan fingerprint density at radius 3 is 3.07 bits per heavy atom. The molecule has 1 unspecified atom stereocenters. The van der Waals surface area contributed by atoms with E-state index in [1.165, 1.54) is 0 Å². The molecule has 2 N–H and O–H groups in total. The van der Waals surface area contributed by atoms with E-state index in [0.717, 1.165) is 16.9 Å². The van der Waals surface area contributed by atoms with Crippen molar-refractivity contribution in [1.82, 2.24) is 0 Å². The molecule has 1 heterocycles. The highest BCUT2D eigenvalue weighted by atomic mass is 32.2. The Morgan fingerprint density at radius 1 is 1.53 bits per heavy atom. The molecule has 1 aliphatic heterocycles. The smallest absolute Gasteiger partial charge is 0.319 e. The molecule has 3 nitrogen and oxygen atoms in total. The third-order valence-corrected chi connectivity index (χ3v) is 3.54. The Kier molecular flexibility index (Phi) is 3.28. The van der Waals surface area contributed by atoms with Gasteiger partial charge in [-0.3, -0.25) is 4.79 Å². The number of esters is 1. The van der Waals surface area contributed by atoms with Crippen molar-refractivity contribution in [3.63, 3.8) is 0 Å². The van der Waals surface area contributed by atoms with Crippen LogP contribution in [0.25, 0.3) is 0 Å². The van der Waals surface area contributed by atoms with Crippen LogP contribution in [0.4, 0.5) is 0 Å². The average Bonchev–Trinajstić information content (AvgIpc) is 2.65. The van der Waals surface area contributed by atoms with E-state index >= 15 is 0 Å². The van der Waals surface area contributed by atoms with Gasteiger partial charge in [-0.05, 0) is 17.7 Å². The van der Waals surface area contributed by atoms with Crippen molar-refractivity contribution in [3.05, 3.63) is 29.8 Å². The molecule has 1 saturated heterocycles. The summed E-state index contributed by atoms with van der Waals surface area (Å²) in [5.41, 5.74) is 6.64.